The van der Waals surface area contributed by atoms with E-state index < -0.39 is 0 Å². The highest BCUT2D eigenvalue weighted by Crippen LogP contribution is 2.52. The maximum absolute atomic E-state index is 6.72. The van der Waals surface area contributed by atoms with Crippen LogP contribution in [-0.4, -0.2) is 43.9 Å². The van der Waals surface area contributed by atoms with Crippen molar-refractivity contribution in [1.29, 1.82) is 0 Å². The standard InChI is InChI=1S/2C26H26Cl2N2/c2*1-17-7-6-14-29-25(17)18-15-19-12-13-20(16-18)30(19)26(21-8-2-4-10-23(21)27)22-9-3-5-11-24(22)28/h2*2-11,14,18-20,26H,12-13,15-16H2,1H3. The zero-order chi connectivity index (χ0) is 41.3. The van der Waals surface area contributed by atoms with Crippen LogP contribution >= 0.6 is 46.4 Å². The lowest BCUT2D eigenvalue weighted by atomic mass is 9.83. The number of benzene rings is 4. The molecule has 4 atom stereocenters. The Labute approximate surface area is 375 Å². The molecule has 4 unspecified atom stereocenters. The molecule has 8 heteroatoms. The number of rotatable bonds is 8. The lowest BCUT2D eigenvalue weighted by molar-refractivity contribution is 0.0925. The molecule has 308 valence electrons. The highest BCUT2D eigenvalue weighted by molar-refractivity contribution is 6.33. The van der Waals surface area contributed by atoms with Crippen molar-refractivity contribution in [3.8, 4) is 0 Å². The average molecular weight is 875 g/mol. The Hall–Kier alpha value is -3.74. The van der Waals surface area contributed by atoms with E-state index in [9.17, 15) is 0 Å². The molecule has 0 aliphatic carbocycles. The van der Waals surface area contributed by atoms with E-state index in [-0.39, 0.29) is 12.1 Å². The highest BCUT2D eigenvalue weighted by Gasteiger charge is 2.47. The van der Waals surface area contributed by atoms with E-state index in [0.717, 1.165) is 68.0 Å². The van der Waals surface area contributed by atoms with Crippen LogP contribution in [0.4, 0.5) is 0 Å². The topological polar surface area (TPSA) is 32.3 Å². The quantitative estimate of drug-likeness (QED) is 0.152. The number of aromatic nitrogens is 2. The maximum atomic E-state index is 6.72. The number of aryl methyl sites for hydroxylation is 2. The Morgan fingerprint density at radius 2 is 0.700 bits per heavy atom. The van der Waals surface area contributed by atoms with E-state index in [0.29, 0.717) is 36.0 Å². The summed E-state index contributed by atoms with van der Waals surface area (Å²) in [7, 11) is 0. The van der Waals surface area contributed by atoms with Gasteiger partial charge in [-0.15, -0.1) is 0 Å². The van der Waals surface area contributed by atoms with Gasteiger partial charge in [0.25, 0.3) is 0 Å². The summed E-state index contributed by atoms with van der Waals surface area (Å²) in [6.07, 6.45) is 13.3. The first-order valence-corrected chi connectivity index (χ1v) is 23.1. The van der Waals surface area contributed by atoms with Gasteiger partial charge in [0.15, 0.2) is 0 Å². The SMILES string of the molecule is Cc1cccnc1C1CC2CCC(C1)N2C(c1ccccc1Cl)c1ccccc1Cl.Cc1cccnc1C1CC2CCC(C1)N2C(c1ccccc1Cl)c1ccccc1Cl. The third kappa shape index (κ3) is 8.29. The molecule has 4 fully saturated rings. The second-order valence-corrected chi connectivity index (χ2v) is 18.9. The van der Waals surface area contributed by atoms with Gasteiger partial charge >= 0.3 is 0 Å². The van der Waals surface area contributed by atoms with Crippen LogP contribution in [0.1, 0.15) is 120 Å². The first-order valence-electron chi connectivity index (χ1n) is 21.6. The highest BCUT2D eigenvalue weighted by atomic mass is 35.5. The lowest BCUT2D eigenvalue weighted by Gasteiger charge is -2.44. The van der Waals surface area contributed by atoms with Crippen molar-refractivity contribution in [2.75, 3.05) is 0 Å². The number of hydrogen-bond acceptors (Lipinski definition) is 4. The second kappa shape index (κ2) is 18.3. The van der Waals surface area contributed by atoms with Crippen LogP contribution in [-0.2, 0) is 0 Å². The van der Waals surface area contributed by atoms with Crippen molar-refractivity contribution in [2.24, 2.45) is 0 Å². The molecule has 4 aliphatic heterocycles. The normalized spacial score (nSPS) is 23.8. The molecule has 0 radical (unpaired) electrons. The third-order valence-corrected chi connectivity index (χ3v) is 15.2. The zero-order valence-corrected chi connectivity index (χ0v) is 37.3. The fraction of sp³-hybridized carbons (Fsp3) is 0.346. The largest absolute Gasteiger partial charge is 0.286 e. The number of nitrogens with zero attached hydrogens (tertiary/aromatic N) is 4. The van der Waals surface area contributed by atoms with Gasteiger partial charge in [0.05, 0.1) is 12.1 Å². The minimum atomic E-state index is 0.0793. The molecule has 4 bridgehead atoms. The van der Waals surface area contributed by atoms with Gasteiger partial charge in [0.1, 0.15) is 0 Å². The minimum Gasteiger partial charge on any atom is -0.286 e. The molecule has 0 N–H and O–H groups in total. The average Bonchev–Trinajstić information content (AvgIpc) is 3.65. The van der Waals surface area contributed by atoms with Crippen LogP contribution in [0.15, 0.2) is 134 Å². The van der Waals surface area contributed by atoms with Gasteiger partial charge in [-0.25, -0.2) is 0 Å². The van der Waals surface area contributed by atoms with E-state index in [1.165, 1.54) is 48.2 Å². The number of pyridine rings is 2. The molecule has 2 aromatic heterocycles. The third-order valence-electron chi connectivity index (χ3n) is 13.8. The lowest BCUT2D eigenvalue weighted by Crippen LogP contribution is -2.45. The van der Waals surface area contributed by atoms with Crippen LogP contribution in [0.2, 0.25) is 20.1 Å². The first-order chi connectivity index (χ1) is 29.3. The number of hydrogen-bond donors (Lipinski definition) is 0. The molecule has 6 aromatic rings. The number of halogens is 4. The molecule has 4 aliphatic rings. The Bertz CT molecular complexity index is 2150. The van der Waals surface area contributed by atoms with E-state index in [1.54, 1.807) is 0 Å². The van der Waals surface area contributed by atoms with Crippen LogP contribution in [0.3, 0.4) is 0 Å². The van der Waals surface area contributed by atoms with Crippen LogP contribution in [0.5, 0.6) is 0 Å². The molecule has 4 saturated heterocycles. The van der Waals surface area contributed by atoms with E-state index in [1.807, 2.05) is 73.1 Å². The Morgan fingerprint density at radius 3 is 0.967 bits per heavy atom. The van der Waals surface area contributed by atoms with Crippen LogP contribution in [0, 0.1) is 13.8 Å². The van der Waals surface area contributed by atoms with Gasteiger partial charge in [-0.1, -0.05) is 131 Å². The van der Waals surface area contributed by atoms with E-state index >= 15 is 0 Å². The molecule has 60 heavy (non-hydrogen) atoms. The van der Waals surface area contributed by atoms with Crippen molar-refractivity contribution in [3.63, 3.8) is 0 Å². The van der Waals surface area contributed by atoms with Gasteiger partial charge in [-0.3, -0.25) is 19.8 Å². The predicted molar refractivity (Wildman–Crippen MR) is 249 cm³/mol. The summed E-state index contributed by atoms with van der Waals surface area (Å²) < 4.78 is 0. The van der Waals surface area contributed by atoms with Gasteiger partial charge in [0.2, 0.25) is 0 Å². The number of fused-ring (bicyclic) bond motifs is 4. The van der Waals surface area contributed by atoms with Crippen molar-refractivity contribution in [3.05, 3.63) is 199 Å². The molecule has 0 amide bonds. The molecular weight excluding hydrogens is 822 g/mol. The summed E-state index contributed by atoms with van der Waals surface area (Å²) in [5.41, 5.74) is 9.77. The Balaban J connectivity index is 0.000000154. The number of piperidine rings is 2. The van der Waals surface area contributed by atoms with E-state index in [2.05, 4.69) is 84.3 Å². The van der Waals surface area contributed by atoms with Crippen LogP contribution in [0.25, 0.3) is 0 Å². The molecule has 0 saturated carbocycles. The van der Waals surface area contributed by atoms with Gasteiger partial charge in [0, 0.05) is 79.9 Å². The summed E-state index contributed by atoms with van der Waals surface area (Å²) in [6, 6.07) is 43.6. The molecule has 4 aromatic carbocycles. The second-order valence-electron chi connectivity index (χ2n) is 17.3. The Morgan fingerprint density at radius 1 is 0.417 bits per heavy atom. The van der Waals surface area contributed by atoms with Crippen molar-refractivity contribution >= 4 is 46.4 Å². The zero-order valence-electron chi connectivity index (χ0n) is 34.3. The molecular formula is C52H52Cl4N4. The van der Waals surface area contributed by atoms with E-state index in [4.69, 9.17) is 56.4 Å². The molecule has 4 nitrogen and oxygen atoms in total. The van der Waals surface area contributed by atoms with Crippen molar-refractivity contribution in [1.82, 2.24) is 19.8 Å². The summed E-state index contributed by atoms with van der Waals surface area (Å²) in [5.74, 6) is 1.05. The van der Waals surface area contributed by atoms with Gasteiger partial charge in [-0.2, -0.15) is 0 Å². The predicted octanol–water partition coefficient (Wildman–Crippen LogP) is 14.4. The summed E-state index contributed by atoms with van der Waals surface area (Å²) in [5, 5.41) is 3.24. The monoisotopic (exact) mass is 872 g/mol. The molecule has 6 heterocycles. The van der Waals surface area contributed by atoms with Gasteiger partial charge in [-0.05, 0) is 135 Å². The minimum absolute atomic E-state index is 0.0793. The molecule has 10 rings (SSSR count). The fourth-order valence-corrected chi connectivity index (χ4v) is 12.3. The summed E-state index contributed by atoms with van der Waals surface area (Å²) in [4.78, 5) is 14.9. The van der Waals surface area contributed by atoms with Crippen LogP contribution < -0.4 is 0 Å². The summed E-state index contributed by atoms with van der Waals surface area (Å²) in [6.45, 7) is 4.37. The van der Waals surface area contributed by atoms with Crippen molar-refractivity contribution < 1.29 is 0 Å². The maximum Gasteiger partial charge on any atom is 0.0636 e. The summed E-state index contributed by atoms with van der Waals surface area (Å²) >= 11 is 26.9. The van der Waals surface area contributed by atoms with Gasteiger partial charge < -0.3 is 0 Å². The fourth-order valence-electron chi connectivity index (χ4n) is 11.3. The Kier molecular flexibility index (Phi) is 12.7. The van der Waals surface area contributed by atoms with Crippen molar-refractivity contribution in [2.45, 2.75) is 113 Å². The molecule has 0 spiro atoms. The smallest absolute Gasteiger partial charge is 0.0636 e. The first kappa shape index (κ1) is 41.6.